The monoisotopic (exact) mass is 430 g/mol. The minimum Gasteiger partial charge on any atom is -0.444 e. The first-order chi connectivity index (χ1) is 14.6. The zero-order valence-corrected chi connectivity index (χ0v) is 19.7. The van der Waals surface area contributed by atoms with Crippen molar-refractivity contribution in [3.05, 3.63) is 30.1 Å². The SMILES string of the molecule is CC(C)(C)OC(=O)N1C(CC2CCCCC2)C(CCC(=O)c2ccccn2)OC1(C)C. The number of Topliss-reactive ketones (excluding diaryl/α,β-unsaturated/α-hetero) is 1. The summed E-state index contributed by atoms with van der Waals surface area (Å²) in [5.74, 6) is 0.587. The Morgan fingerprint density at radius 3 is 2.52 bits per heavy atom. The first-order valence-electron chi connectivity index (χ1n) is 11.7. The van der Waals surface area contributed by atoms with Gasteiger partial charge < -0.3 is 9.47 Å². The van der Waals surface area contributed by atoms with Crippen LogP contribution >= 0.6 is 0 Å². The second kappa shape index (κ2) is 9.68. The van der Waals surface area contributed by atoms with Crippen LogP contribution in [0.5, 0.6) is 0 Å². The van der Waals surface area contributed by atoms with Crippen LogP contribution in [-0.4, -0.2) is 45.2 Å². The van der Waals surface area contributed by atoms with Crippen LogP contribution in [0.15, 0.2) is 24.4 Å². The highest BCUT2D eigenvalue weighted by Gasteiger charge is 2.51. The van der Waals surface area contributed by atoms with Crippen LogP contribution in [0.25, 0.3) is 0 Å². The molecule has 0 spiro atoms. The Kier molecular flexibility index (Phi) is 7.40. The van der Waals surface area contributed by atoms with Gasteiger partial charge in [-0.15, -0.1) is 0 Å². The molecule has 3 rings (SSSR count). The van der Waals surface area contributed by atoms with E-state index < -0.39 is 11.3 Å². The second-order valence-electron chi connectivity index (χ2n) is 10.4. The molecule has 6 heteroatoms. The lowest BCUT2D eigenvalue weighted by Gasteiger charge is -2.37. The second-order valence-corrected chi connectivity index (χ2v) is 10.4. The van der Waals surface area contributed by atoms with Crippen molar-refractivity contribution in [3.63, 3.8) is 0 Å². The highest BCUT2D eigenvalue weighted by atomic mass is 16.6. The predicted molar refractivity (Wildman–Crippen MR) is 120 cm³/mol. The van der Waals surface area contributed by atoms with Crippen LogP contribution in [0, 0.1) is 5.92 Å². The quantitative estimate of drug-likeness (QED) is 0.537. The molecule has 1 aromatic heterocycles. The molecule has 2 fully saturated rings. The third-order valence-corrected chi connectivity index (χ3v) is 6.28. The van der Waals surface area contributed by atoms with Gasteiger partial charge in [-0.2, -0.15) is 0 Å². The van der Waals surface area contributed by atoms with E-state index in [0.717, 1.165) is 6.42 Å². The third-order valence-electron chi connectivity index (χ3n) is 6.28. The molecule has 6 nitrogen and oxygen atoms in total. The molecule has 2 heterocycles. The number of nitrogens with zero attached hydrogens (tertiary/aromatic N) is 2. The molecular weight excluding hydrogens is 392 g/mol. The molecule has 1 aliphatic heterocycles. The van der Waals surface area contributed by atoms with Crippen LogP contribution < -0.4 is 0 Å². The summed E-state index contributed by atoms with van der Waals surface area (Å²) < 4.78 is 12.1. The Morgan fingerprint density at radius 1 is 1.19 bits per heavy atom. The minimum absolute atomic E-state index is 0.00846. The molecule has 1 amide bonds. The molecule has 2 atom stereocenters. The lowest BCUT2D eigenvalue weighted by Crippen LogP contribution is -2.50. The molecule has 1 saturated heterocycles. The van der Waals surface area contributed by atoms with Crippen LogP contribution in [0.4, 0.5) is 4.79 Å². The smallest absolute Gasteiger partial charge is 0.412 e. The van der Waals surface area contributed by atoms with Gasteiger partial charge in [-0.25, -0.2) is 4.79 Å². The average Bonchev–Trinajstić information content (AvgIpc) is 2.95. The van der Waals surface area contributed by atoms with E-state index in [0.29, 0.717) is 24.5 Å². The number of ether oxygens (including phenoxy) is 2. The summed E-state index contributed by atoms with van der Waals surface area (Å²) in [5, 5.41) is 0. The topological polar surface area (TPSA) is 68.7 Å². The number of carbonyl (C=O) groups excluding carboxylic acids is 2. The van der Waals surface area contributed by atoms with E-state index in [1.54, 1.807) is 23.2 Å². The zero-order chi connectivity index (χ0) is 22.6. The van der Waals surface area contributed by atoms with Crippen LogP contribution in [-0.2, 0) is 9.47 Å². The van der Waals surface area contributed by atoms with Crippen molar-refractivity contribution in [2.75, 3.05) is 0 Å². The number of carbonyl (C=O) groups is 2. The number of pyridine rings is 1. The van der Waals surface area contributed by atoms with Crippen molar-refractivity contribution in [2.45, 2.75) is 109 Å². The molecule has 1 aliphatic carbocycles. The molecular formula is C25H38N2O4. The fourth-order valence-corrected chi connectivity index (χ4v) is 4.94. The summed E-state index contributed by atoms with van der Waals surface area (Å²) >= 11 is 0. The van der Waals surface area contributed by atoms with Gasteiger partial charge in [-0.3, -0.25) is 14.7 Å². The Labute approximate surface area is 186 Å². The number of hydrogen-bond acceptors (Lipinski definition) is 5. The van der Waals surface area contributed by atoms with Gasteiger partial charge in [-0.05, 0) is 65.5 Å². The van der Waals surface area contributed by atoms with Crippen molar-refractivity contribution in [3.8, 4) is 0 Å². The molecule has 1 saturated carbocycles. The molecule has 0 bridgehead atoms. The fraction of sp³-hybridized carbons (Fsp3) is 0.720. The van der Waals surface area contributed by atoms with Crippen molar-refractivity contribution in [2.24, 2.45) is 5.92 Å². The number of amides is 1. The third kappa shape index (κ3) is 6.28. The Morgan fingerprint density at radius 2 is 1.90 bits per heavy atom. The van der Waals surface area contributed by atoms with E-state index in [1.165, 1.54) is 32.1 Å². The summed E-state index contributed by atoms with van der Waals surface area (Å²) in [6, 6.07) is 5.28. The Balaban J connectivity index is 1.77. The van der Waals surface area contributed by atoms with E-state index in [1.807, 2.05) is 40.7 Å². The van der Waals surface area contributed by atoms with Crippen LogP contribution in [0.2, 0.25) is 0 Å². The molecule has 0 radical (unpaired) electrons. The van der Waals surface area contributed by atoms with Crippen molar-refractivity contribution >= 4 is 11.9 Å². The van der Waals surface area contributed by atoms with Gasteiger partial charge in [0.25, 0.3) is 0 Å². The highest BCUT2D eigenvalue weighted by molar-refractivity contribution is 5.94. The van der Waals surface area contributed by atoms with Gasteiger partial charge in [0.15, 0.2) is 5.78 Å². The highest BCUT2D eigenvalue weighted by Crippen LogP contribution is 2.40. The Bertz CT molecular complexity index is 751. The van der Waals surface area contributed by atoms with Crippen molar-refractivity contribution in [1.29, 1.82) is 0 Å². The number of rotatable bonds is 6. The number of aromatic nitrogens is 1. The molecule has 1 aromatic rings. The Hall–Kier alpha value is -1.95. The van der Waals surface area contributed by atoms with Gasteiger partial charge in [0.05, 0.1) is 12.1 Å². The lowest BCUT2D eigenvalue weighted by molar-refractivity contribution is -0.0799. The normalized spacial score (nSPS) is 24.2. The van der Waals surface area contributed by atoms with Crippen molar-refractivity contribution < 1.29 is 19.1 Å². The van der Waals surface area contributed by atoms with Gasteiger partial charge in [0, 0.05) is 12.6 Å². The van der Waals surface area contributed by atoms with Gasteiger partial charge in [0.2, 0.25) is 0 Å². The average molecular weight is 431 g/mol. The molecule has 31 heavy (non-hydrogen) atoms. The number of hydrogen-bond donors (Lipinski definition) is 0. The summed E-state index contributed by atoms with van der Waals surface area (Å²) in [5.41, 5.74) is -0.872. The minimum atomic E-state index is -0.777. The largest absolute Gasteiger partial charge is 0.444 e. The maximum Gasteiger partial charge on any atom is 0.412 e. The van der Waals surface area contributed by atoms with E-state index in [-0.39, 0.29) is 24.0 Å². The number of ketones is 1. The summed E-state index contributed by atoms with van der Waals surface area (Å²) in [6.45, 7) is 9.49. The predicted octanol–water partition coefficient (Wildman–Crippen LogP) is 5.76. The van der Waals surface area contributed by atoms with Crippen LogP contribution in [0.1, 0.15) is 96.5 Å². The molecule has 2 unspecified atom stereocenters. The first kappa shape index (κ1) is 23.7. The van der Waals surface area contributed by atoms with E-state index in [9.17, 15) is 9.59 Å². The van der Waals surface area contributed by atoms with E-state index in [4.69, 9.17) is 9.47 Å². The van der Waals surface area contributed by atoms with Gasteiger partial charge >= 0.3 is 6.09 Å². The van der Waals surface area contributed by atoms with Gasteiger partial charge in [0.1, 0.15) is 17.0 Å². The maximum atomic E-state index is 13.2. The molecule has 2 aliphatic rings. The van der Waals surface area contributed by atoms with E-state index >= 15 is 0 Å². The summed E-state index contributed by atoms with van der Waals surface area (Å²) in [6.07, 6.45) is 9.08. The maximum absolute atomic E-state index is 13.2. The standard InChI is InChI=1S/C25H38N2O4/c1-24(2,3)31-23(29)27-20(17-18-11-7-6-8-12-18)22(30-25(27,4)5)15-14-21(28)19-13-9-10-16-26-19/h9-10,13,16,18,20,22H,6-8,11-12,14-15,17H2,1-5H3. The van der Waals surface area contributed by atoms with E-state index in [2.05, 4.69) is 4.98 Å². The van der Waals surface area contributed by atoms with Crippen LogP contribution in [0.3, 0.4) is 0 Å². The fourth-order valence-electron chi connectivity index (χ4n) is 4.94. The zero-order valence-electron chi connectivity index (χ0n) is 19.7. The molecule has 0 aromatic carbocycles. The first-order valence-corrected chi connectivity index (χ1v) is 11.7. The molecule has 172 valence electrons. The van der Waals surface area contributed by atoms with Crippen molar-refractivity contribution in [1.82, 2.24) is 9.88 Å². The van der Waals surface area contributed by atoms with Gasteiger partial charge in [-0.1, -0.05) is 38.2 Å². The molecule has 0 N–H and O–H groups in total. The lowest BCUT2D eigenvalue weighted by atomic mass is 9.83. The summed E-state index contributed by atoms with van der Waals surface area (Å²) in [4.78, 5) is 31.8. The summed E-state index contributed by atoms with van der Waals surface area (Å²) in [7, 11) is 0.